The molecule has 7 nitrogen and oxygen atoms in total. The fourth-order valence-corrected chi connectivity index (χ4v) is 2.66. The van der Waals surface area contributed by atoms with E-state index in [1.807, 2.05) is 25.1 Å². The minimum absolute atomic E-state index is 0.0577. The monoisotopic (exact) mass is 345 g/mol. The number of aryl methyl sites for hydroxylation is 2. The van der Waals surface area contributed by atoms with E-state index in [2.05, 4.69) is 22.4 Å². The van der Waals surface area contributed by atoms with Crippen molar-refractivity contribution >= 4 is 5.91 Å². The molecule has 1 aromatic carbocycles. The van der Waals surface area contributed by atoms with Gasteiger partial charge in [0.05, 0.1) is 6.04 Å². The highest BCUT2D eigenvalue weighted by Gasteiger charge is 2.16. The molecular weight excluding hydrogens is 322 g/mol. The van der Waals surface area contributed by atoms with E-state index in [0.717, 1.165) is 29.9 Å². The van der Waals surface area contributed by atoms with Crippen molar-refractivity contribution in [3.63, 3.8) is 0 Å². The molecule has 7 heteroatoms. The second kappa shape index (κ2) is 8.00. The summed E-state index contributed by atoms with van der Waals surface area (Å²) in [5.74, 6) is 2.61. The SMILES string of the molecule is CCCc1noc(CCC(=O)N[C@@H](C)c2ccc3c(c2)OCCO3)n1. The number of carbonyl (C=O) groups is 1. The Morgan fingerprint density at radius 1 is 1.24 bits per heavy atom. The quantitative estimate of drug-likeness (QED) is 0.830. The van der Waals surface area contributed by atoms with Crippen molar-refractivity contribution in [2.24, 2.45) is 0 Å². The Morgan fingerprint density at radius 2 is 2.04 bits per heavy atom. The van der Waals surface area contributed by atoms with Crippen LogP contribution in [0.25, 0.3) is 0 Å². The van der Waals surface area contributed by atoms with E-state index < -0.39 is 0 Å². The number of benzene rings is 1. The maximum absolute atomic E-state index is 12.2. The Kier molecular flexibility index (Phi) is 5.53. The number of aromatic nitrogens is 2. The Morgan fingerprint density at radius 3 is 2.84 bits per heavy atom. The molecule has 134 valence electrons. The normalized spacial score (nSPS) is 14.2. The number of hydrogen-bond donors (Lipinski definition) is 1. The van der Waals surface area contributed by atoms with Crippen LogP contribution in [0.1, 0.15) is 50.0 Å². The molecule has 2 aromatic rings. The first kappa shape index (κ1) is 17.3. The van der Waals surface area contributed by atoms with Gasteiger partial charge in [0.2, 0.25) is 11.8 Å². The number of nitrogens with one attached hydrogen (secondary N) is 1. The minimum Gasteiger partial charge on any atom is -0.486 e. The predicted octanol–water partition coefficient (Wildman–Crippen LogP) is 2.60. The van der Waals surface area contributed by atoms with Crippen LogP contribution in [-0.4, -0.2) is 29.3 Å². The third kappa shape index (κ3) is 4.49. The molecular formula is C18H23N3O4. The van der Waals surface area contributed by atoms with Gasteiger partial charge in [0.1, 0.15) is 13.2 Å². The van der Waals surface area contributed by atoms with Gasteiger partial charge in [-0.25, -0.2) is 0 Å². The number of nitrogens with zero attached hydrogens (tertiary/aromatic N) is 2. The highest BCUT2D eigenvalue weighted by atomic mass is 16.6. The number of carbonyl (C=O) groups excluding carboxylic acids is 1. The average molecular weight is 345 g/mol. The summed E-state index contributed by atoms with van der Waals surface area (Å²) in [6, 6.07) is 5.60. The molecule has 0 bridgehead atoms. The predicted molar refractivity (Wildman–Crippen MR) is 90.6 cm³/mol. The van der Waals surface area contributed by atoms with Crippen molar-refractivity contribution in [3.8, 4) is 11.5 Å². The summed E-state index contributed by atoms with van der Waals surface area (Å²) in [6.07, 6.45) is 2.50. The van der Waals surface area contributed by atoms with Crippen LogP contribution in [0.3, 0.4) is 0 Å². The van der Waals surface area contributed by atoms with Crippen LogP contribution in [0.15, 0.2) is 22.7 Å². The molecule has 0 saturated carbocycles. The van der Waals surface area contributed by atoms with Gasteiger partial charge in [0.25, 0.3) is 0 Å². The van der Waals surface area contributed by atoms with Gasteiger partial charge in [-0.15, -0.1) is 0 Å². The smallest absolute Gasteiger partial charge is 0.227 e. The molecule has 3 rings (SSSR count). The van der Waals surface area contributed by atoms with E-state index in [1.54, 1.807) is 0 Å². The number of fused-ring (bicyclic) bond motifs is 1. The lowest BCUT2D eigenvalue weighted by molar-refractivity contribution is -0.121. The third-order valence-corrected chi connectivity index (χ3v) is 3.99. The van der Waals surface area contributed by atoms with Gasteiger partial charge in [-0.05, 0) is 31.0 Å². The van der Waals surface area contributed by atoms with Crippen LogP contribution in [-0.2, 0) is 17.6 Å². The van der Waals surface area contributed by atoms with Gasteiger partial charge in [0.15, 0.2) is 17.3 Å². The van der Waals surface area contributed by atoms with Gasteiger partial charge in [-0.1, -0.05) is 18.1 Å². The van der Waals surface area contributed by atoms with Crippen molar-refractivity contribution in [2.75, 3.05) is 13.2 Å². The van der Waals surface area contributed by atoms with Crippen LogP contribution in [0, 0.1) is 0 Å². The lowest BCUT2D eigenvalue weighted by Crippen LogP contribution is -2.27. The zero-order valence-corrected chi connectivity index (χ0v) is 14.6. The lowest BCUT2D eigenvalue weighted by atomic mass is 10.1. The molecule has 1 aliphatic heterocycles. The molecule has 1 aromatic heterocycles. The van der Waals surface area contributed by atoms with Crippen molar-refractivity contribution < 1.29 is 18.8 Å². The molecule has 1 atom stereocenters. The summed E-state index contributed by atoms with van der Waals surface area (Å²) < 4.78 is 16.2. The number of ether oxygens (including phenoxy) is 2. The van der Waals surface area contributed by atoms with E-state index in [9.17, 15) is 4.79 Å². The second-order valence-corrected chi connectivity index (χ2v) is 6.05. The summed E-state index contributed by atoms with van der Waals surface area (Å²) in [5, 5.41) is 6.87. The van der Waals surface area contributed by atoms with Gasteiger partial charge in [-0.3, -0.25) is 4.79 Å². The zero-order valence-electron chi connectivity index (χ0n) is 14.6. The summed E-state index contributed by atoms with van der Waals surface area (Å²) >= 11 is 0. The molecule has 1 aliphatic rings. The first-order chi connectivity index (χ1) is 12.2. The second-order valence-electron chi connectivity index (χ2n) is 6.05. The first-order valence-electron chi connectivity index (χ1n) is 8.66. The van der Waals surface area contributed by atoms with Crippen molar-refractivity contribution in [1.82, 2.24) is 15.5 Å². The van der Waals surface area contributed by atoms with Crippen molar-refractivity contribution in [2.45, 2.75) is 45.6 Å². The fourth-order valence-electron chi connectivity index (χ4n) is 2.66. The van der Waals surface area contributed by atoms with E-state index in [1.165, 1.54) is 0 Å². The first-order valence-corrected chi connectivity index (χ1v) is 8.66. The topological polar surface area (TPSA) is 86.5 Å². The maximum atomic E-state index is 12.2. The van der Waals surface area contributed by atoms with E-state index in [0.29, 0.717) is 37.8 Å². The van der Waals surface area contributed by atoms with E-state index >= 15 is 0 Å². The van der Waals surface area contributed by atoms with Crippen LogP contribution in [0.2, 0.25) is 0 Å². The van der Waals surface area contributed by atoms with Crippen molar-refractivity contribution in [1.29, 1.82) is 0 Å². The Hall–Kier alpha value is -2.57. The van der Waals surface area contributed by atoms with E-state index in [-0.39, 0.29) is 11.9 Å². The maximum Gasteiger partial charge on any atom is 0.227 e. The molecule has 0 radical (unpaired) electrons. The Labute approximate surface area is 146 Å². The summed E-state index contributed by atoms with van der Waals surface area (Å²) in [4.78, 5) is 16.4. The summed E-state index contributed by atoms with van der Waals surface area (Å²) in [5.41, 5.74) is 0.973. The molecule has 0 unspecified atom stereocenters. The standard InChI is InChI=1S/C18H23N3O4/c1-3-4-16-20-18(25-21-16)8-7-17(22)19-12(2)13-5-6-14-15(11-13)24-10-9-23-14/h5-6,11-12H,3-4,7-10H2,1-2H3,(H,19,22)/t12-/m0/s1. The lowest BCUT2D eigenvalue weighted by Gasteiger charge is -2.21. The van der Waals surface area contributed by atoms with Gasteiger partial charge in [0, 0.05) is 19.3 Å². The van der Waals surface area contributed by atoms with Gasteiger partial charge < -0.3 is 19.3 Å². The largest absolute Gasteiger partial charge is 0.486 e. The highest BCUT2D eigenvalue weighted by molar-refractivity contribution is 5.76. The Bertz CT molecular complexity index is 729. The molecule has 2 heterocycles. The third-order valence-electron chi connectivity index (χ3n) is 3.99. The number of rotatable bonds is 7. The minimum atomic E-state index is -0.123. The van der Waals surface area contributed by atoms with Crippen molar-refractivity contribution in [3.05, 3.63) is 35.5 Å². The molecule has 25 heavy (non-hydrogen) atoms. The molecule has 0 fully saturated rings. The fraction of sp³-hybridized carbons (Fsp3) is 0.500. The number of hydrogen-bond acceptors (Lipinski definition) is 6. The molecule has 0 aliphatic carbocycles. The van der Waals surface area contributed by atoms with Crippen LogP contribution in [0.5, 0.6) is 11.5 Å². The molecule has 1 N–H and O–H groups in total. The number of amides is 1. The summed E-state index contributed by atoms with van der Waals surface area (Å²) in [6.45, 7) is 5.10. The van der Waals surface area contributed by atoms with Crippen LogP contribution >= 0.6 is 0 Å². The van der Waals surface area contributed by atoms with E-state index in [4.69, 9.17) is 14.0 Å². The van der Waals surface area contributed by atoms with Crippen LogP contribution < -0.4 is 14.8 Å². The Balaban J connectivity index is 1.51. The molecule has 0 spiro atoms. The van der Waals surface area contributed by atoms with Gasteiger partial charge >= 0.3 is 0 Å². The van der Waals surface area contributed by atoms with Crippen LogP contribution in [0.4, 0.5) is 0 Å². The van der Waals surface area contributed by atoms with Gasteiger partial charge in [-0.2, -0.15) is 4.98 Å². The molecule has 0 saturated heterocycles. The average Bonchev–Trinajstić information content (AvgIpc) is 3.07. The highest BCUT2D eigenvalue weighted by Crippen LogP contribution is 2.32. The molecule has 1 amide bonds. The zero-order chi connectivity index (χ0) is 17.6. The summed E-state index contributed by atoms with van der Waals surface area (Å²) in [7, 11) is 0.